The summed E-state index contributed by atoms with van der Waals surface area (Å²) in [6, 6.07) is 6.33. The lowest BCUT2D eigenvalue weighted by atomic mass is 9.82. The third-order valence-electron chi connectivity index (χ3n) is 4.60. The molecule has 1 aromatic rings. The molecule has 21 heavy (non-hydrogen) atoms. The van der Waals surface area contributed by atoms with Gasteiger partial charge in [-0.15, -0.1) is 0 Å². The van der Waals surface area contributed by atoms with Gasteiger partial charge in [0.2, 0.25) is 0 Å². The highest BCUT2D eigenvalue weighted by atomic mass is 16.1. The maximum Gasteiger partial charge on any atom is 0.251 e. The highest BCUT2D eigenvalue weighted by Crippen LogP contribution is 2.27. The van der Waals surface area contributed by atoms with E-state index >= 15 is 0 Å². The molecule has 2 N–H and O–H groups in total. The zero-order valence-electron chi connectivity index (χ0n) is 13.5. The second kappa shape index (κ2) is 7.48. The molecule has 3 nitrogen and oxygen atoms in total. The van der Waals surface area contributed by atoms with Gasteiger partial charge in [-0.2, -0.15) is 0 Å². The van der Waals surface area contributed by atoms with Crippen LogP contribution in [0.4, 0.5) is 5.69 Å². The van der Waals surface area contributed by atoms with Crippen molar-refractivity contribution in [2.75, 3.05) is 11.9 Å². The molecule has 1 fully saturated rings. The Kier molecular flexibility index (Phi) is 5.66. The zero-order chi connectivity index (χ0) is 15.2. The second-order valence-electron chi connectivity index (χ2n) is 6.09. The number of carbonyl (C=O) groups is 1. The van der Waals surface area contributed by atoms with Crippen molar-refractivity contribution in [1.29, 1.82) is 0 Å². The van der Waals surface area contributed by atoms with Crippen molar-refractivity contribution >= 4 is 11.6 Å². The van der Waals surface area contributed by atoms with Crippen molar-refractivity contribution in [2.24, 2.45) is 5.92 Å². The van der Waals surface area contributed by atoms with Crippen LogP contribution in [0.5, 0.6) is 0 Å². The summed E-state index contributed by atoms with van der Waals surface area (Å²) in [6.07, 6.45) is 6.07. The SMILES string of the molecule is CCNc1ccc(C(=O)NC2CCCCC2CC)c(C)c1. The van der Waals surface area contributed by atoms with Gasteiger partial charge in [0, 0.05) is 23.8 Å². The summed E-state index contributed by atoms with van der Waals surface area (Å²) < 4.78 is 0. The highest BCUT2D eigenvalue weighted by Gasteiger charge is 2.25. The second-order valence-corrected chi connectivity index (χ2v) is 6.09. The van der Waals surface area contributed by atoms with E-state index in [1.165, 1.54) is 19.3 Å². The average Bonchev–Trinajstić information content (AvgIpc) is 2.48. The summed E-state index contributed by atoms with van der Waals surface area (Å²) in [5.74, 6) is 0.727. The monoisotopic (exact) mass is 288 g/mol. The Bertz CT molecular complexity index is 484. The van der Waals surface area contributed by atoms with Crippen LogP contribution in [0.3, 0.4) is 0 Å². The minimum atomic E-state index is 0.0842. The molecule has 1 saturated carbocycles. The Labute approximate surface area is 128 Å². The van der Waals surface area contributed by atoms with Gasteiger partial charge in [-0.1, -0.05) is 26.2 Å². The molecule has 0 spiro atoms. The summed E-state index contributed by atoms with van der Waals surface area (Å²) in [7, 11) is 0. The molecule has 0 aliphatic heterocycles. The topological polar surface area (TPSA) is 41.1 Å². The fraction of sp³-hybridized carbons (Fsp3) is 0.611. The number of rotatable bonds is 5. The molecule has 0 aromatic heterocycles. The largest absolute Gasteiger partial charge is 0.385 e. The van der Waals surface area contributed by atoms with Gasteiger partial charge in [-0.25, -0.2) is 0 Å². The zero-order valence-corrected chi connectivity index (χ0v) is 13.5. The van der Waals surface area contributed by atoms with Crippen molar-refractivity contribution in [2.45, 2.75) is 58.9 Å². The Balaban J connectivity index is 2.05. The van der Waals surface area contributed by atoms with Crippen molar-refractivity contribution in [3.8, 4) is 0 Å². The van der Waals surface area contributed by atoms with Gasteiger partial charge in [0.1, 0.15) is 0 Å². The maximum absolute atomic E-state index is 12.5. The molecule has 116 valence electrons. The first-order valence-corrected chi connectivity index (χ1v) is 8.31. The molecule has 2 atom stereocenters. The number of amides is 1. The minimum absolute atomic E-state index is 0.0842. The van der Waals surface area contributed by atoms with E-state index in [2.05, 4.69) is 30.5 Å². The van der Waals surface area contributed by atoms with Gasteiger partial charge in [0.05, 0.1) is 0 Å². The number of nitrogens with one attached hydrogen (secondary N) is 2. The van der Waals surface area contributed by atoms with Gasteiger partial charge in [-0.3, -0.25) is 4.79 Å². The molecule has 0 heterocycles. The summed E-state index contributed by atoms with van der Waals surface area (Å²) in [6.45, 7) is 7.20. The molecular weight excluding hydrogens is 260 g/mol. The summed E-state index contributed by atoms with van der Waals surface area (Å²) in [4.78, 5) is 12.5. The molecule has 1 aliphatic carbocycles. The third-order valence-corrected chi connectivity index (χ3v) is 4.60. The van der Waals surface area contributed by atoms with E-state index < -0.39 is 0 Å². The Morgan fingerprint density at radius 1 is 1.24 bits per heavy atom. The lowest BCUT2D eigenvalue weighted by Gasteiger charge is -2.31. The first kappa shape index (κ1) is 15.9. The van der Waals surface area contributed by atoms with E-state index in [1.807, 2.05) is 19.1 Å². The lowest BCUT2D eigenvalue weighted by Crippen LogP contribution is -2.42. The summed E-state index contributed by atoms with van der Waals surface area (Å²) in [5.41, 5.74) is 2.92. The van der Waals surface area contributed by atoms with Gasteiger partial charge in [-0.05, 0) is 56.4 Å². The average molecular weight is 288 g/mol. The van der Waals surface area contributed by atoms with Crippen LogP contribution in [0.2, 0.25) is 0 Å². The van der Waals surface area contributed by atoms with E-state index in [0.717, 1.165) is 36.2 Å². The molecule has 0 radical (unpaired) electrons. The quantitative estimate of drug-likeness (QED) is 0.855. The standard InChI is InChI=1S/C18H28N2O/c1-4-14-8-6-7-9-17(14)20-18(21)16-11-10-15(19-5-2)12-13(16)3/h10-12,14,17,19H,4-9H2,1-3H3,(H,20,21). The van der Waals surface area contributed by atoms with E-state index in [4.69, 9.17) is 0 Å². The molecule has 0 bridgehead atoms. The van der Waals surface area contributed by atoms with E-state index in [1.54, 1.807) is 0 Å². The molecule has 0 saturated heterocycles. The van der Waals surface area contributed by atoms with Crippen LogP contribution in [0.25, 0.3) is 0 Å². The van der Waals surface area contributed by atoms with Crippen molar-refractivity contribution < 1.29 is 4.79 Å². The number of hydrogen-bond acceptors (Lipinski definition) is 2. The predicted molar refractivity (Wildman–Crippen MR) is 88.8 cm³/mol. The Morgan fingerprint density at radius 3 is 2.67 bits per heavy atom. The predicted octanol–water partition coefficient (Wildman–Crippen LogP) is 4.13. The Hall–Kier alpha value is -1.51. The highest BCUT2D eigenvalue weighted by molar-refractivity contribution is 5.96. The van der Waals surface area contributed by atoms with Gasteiger partial charge >= 0.3 is 0 Å². The van der Waals surface area contributed by atoms with Crippen LogP contribution < -0.4 is 10.6 Å². The van der Waals surface area contributed by atoms with Crippen LogP contribution in [-0.4, -0.2) is 18.5 Å². The van der Waals surface area contributed by atoms with Gasteiger partial charge in [0.15, 0.2) is 0 Å². The summed E-state index contributed by atoms with van der Waals surface area (Å²) in [5, 5.41) is 6.55. The molecule has 1 aromatic carbocycles. The maximum atomic E-state index is 12.5. The molecule has 3 heteroatoms. The number of aryl methyl sites for hydroxylation is 1. The number of carbonyl (C=O) groups excluding carboxylic acids is 1. The fourth-order valence-corrected chi connectivity index (χ4v) is 3.36. The van der Waals surface area contributed by atoms with Crippen molar-refractivity contribution in [1.82, 2.24) is 5.32 Å². The molecule has 1 amide bonds. The number of anilines is 1. The van der Waals surface area contributed by atoms with Crippen LogP contribution in [0.15, 0.2) is 18.2 Å². The van der Waals surface area contributed by atoms with E-state index in [-0.39, 0.29) is 5.91 Å². The van der Waals surface area contributed by atoms with Crippen molar-refractivity contribution in [3.63, 3.8) is 0 Å². The smallest absolute Gasteiger partial charge is 0.251 e. The summed E-state index contributed by atoms with van der Waals surface area (Å²) >= 11 is 0. The van der Waals surface area contributed by atoms with Crippen molar-refractivity contribution in [3.05, 3.63) is 29.3 Å². The third kappa shape index (κ3) is 3.99. The van der Waals surface area contributed by atoms with Gasteiger partial charge < -0.3 is 10.6 Å². The van der Waals surface area contributed by atoms with Crippen LogP contribution in [0.1, 0.15) is 61.9 Å². The van der Waals surface area contributed by atoms with E-state index in [0.29, 0.717) is 12.0 Å². The number of hydrogen-bond donors (Lipinski definition) is 2. The van der Waals surface area contributed by atoms with E-state index in [9.17, 15) is 4.79 Å². The molecule has 1 aliphatic rings. The molecule has 2 rings (SSSR count). The number of benzene rings is 1. The van der Waals surface area contributed by atoms with Crippen LogP contribution >= 0.6 is 0 Å². The lowest BCUT2D eigenvalue weighted by molar-refractivity contribution is 0.0904. The normalized spacial score (nSPS) is 21.9. The van der Waals surface area contributed by atoms with Crippen LogP contribution in [-0.2, 0) is 0 Å². The first-order valence-electron chi connectivity index (χ1n) is 8.31. The van der Waals surface area contributed by atoms with Gasteiger partial charge in [0.25, 0.3) is 5.91 Å². The van der Waals surface area contributed by atoms with Crippen LogP contribution in [0, 0.1) is 12.8 Å². The minimum Gasteiger partial charge on any atom is -0.385 e. The first-order chi connectivity index (χ1) is 10.2. The molecular formula is C18H28N2O. The fourth-order valence-electron chi connectivity index (χ4n) is 3.36. The molecule has 2 unspecified atom stereocenters. The Morgan fingerprint density at radius 2 is 2.00 bits per heavy atom.